The van der Waals surface area contributed by atoms with Gasteiger partial charge in [0.2, 0.25) is 10.0 Å². The van der Waals surface area contributed by atoms with Gasteiger partial charge in [-0.15, -0.1) is 0 Å². The number of guanidine groups is 1. The van der Waals surface area contributed by atoms with Crippen LogP contribution in [0.1, 0.15) is 30.9 Å². The molecule has 0 aromatic heterocycles. The topological polar surface area (TPSA) is 73.8 Å². The van der Waals surface area contributed by atoms with E-state index in [1.165, 1.54) is 12.1 Å². The zero-order valence-corrected chi connectivity index (χ0v) is 17.5. The van der Waals surface area contributed by atoms with Crippen LogP contribution in [-0.4, -0.2) is 38.9 Å². The van der Waals surface area contributed by atoms with Crippen molar-refractivity contribution in [2.45, 2.75) is 43.8 Å². The van der Waals surface area contributed by atoms with Crippen LogP contribution < -0.4 is 10.0 Å². The van der Waals surface area contributed by atoms with Gasteiger partial charge in [-0.2, -0.15) is 0 Å². The van der Waals surface area contributed by atoms with E-state index in [0.29, 0.717) is 13.1 Å². The van der Waals surface area contributed by atoms with Gasteiger partial charge in [-0.25, -0.2) is 22.5 Å². The Balaban J connectivity index is 1.65. The van der Waals surface area contributed by atoms with Crippen LogP contribution in [0.4, 0.5) is 4.39 Å². The molecule has 0 saturated heterocycles. The Labute approximate surface area is 171 Å². The van der Waals surface area contributed by atoms with Gasteiger partial charge in [0.05, 0.1) is 11.4 Å². The highest BCUT2D eigenvalue weighted by Crippen LogP contribution is 2.22. The number of hydrogen-bond donors (Lipinski definition) is 2. The molecule has 1 saturated carbocycles. The van der Waals surface area contributed by atoms with Crippen molar-refractivity contribution in [2.75, 3.05) is 13.6 Å². The molecule has 156 valence electrons. The van der Waals surface area contributed by atoms with E-state index in [4.69, 9.17) is 0 Å². The fourth-order valence-electron chi connectivity index (χ4n) is 2.84. The Morgan fingerprint density at radius 1 is 1.10 bits per heavy atom. The minimum atomic E-state index is -3.44. The van der Waals surface area contributed by atoms with Crippen molar-refractivity contribution < 1.29 is 12.8 Å². The molecule has 0 spiro atoms. The summed E-state index contributed by atoms with van der Waals surface area (Å²) in [5.41, 5.74) is 1.90. The SMILES string of the molecule is CCNC(=NCc1ccc(S(=O)(=O)NC2CC2)cc1)N(C)Cc1ccc(F)cc1. The van der Waals surface area contributed by atoms with Crippen LogP contribution in [0.25, 0.3) is 0 Å². The van der Waals surface area contributed by atoms with E-state index in [1.54, 1.807) is 36.4 Å². The molecule has 0 atom stereocenters. The molecule has 2 aromatic carbocycles. The number of benzene rings is 2. The third kappa shape index (κ3) is 6.27. The second-order valence-corrected chi connectivity index (χ2v) is 8.91. The third-order valence-corrected chi connectivity index (χ3v) is 6.11. The average molecular weight is 419 g/mol. The van der Waals surface area contributed by atoms with Crippen molar-refractivity contribution in [3.05, 3.63) is 65.5 Å². The van der Waals surface area contributed by atoms with Crippen LogP contribution in [0.2, 0.25) is 0 Å². The summed E-state index contributed by atoms with van der Waals surface area (Å²) < 4.78 is 40.3. The molecule has 0 unspecified atom stereocenters. The summed E-state index contributed by atoms with van der Waals surface area (Å²) in [5.74, 6) is 0.471. The molecular weight excluding hydrogens is 391 g/mol. The quantitative estimate of drug-likeness (QED) is 0.511. The molecule has 2 N–H and O–H groups in total. The highest BCUT2D eigenvalue weighted by atomic mass is 32.2. The van der Waals surface area contributed by atoms with Crippen LogP contribution >= 0.6 is 0 Å². The lowest BCUT2D eigenvalue weighted by atomic mass is 10.2. The molecule has 1 aliphatic carbocycles. The van der Waals surface area contributed by atoms with Gasteiger partial charge in [-0.3, -0.25) is 0 Å². The van der Waals surface area contributed by atoms with Crippen LogP contribution in [-0.2, 0) is 23.1 Å². The average Bonchev–Trinajstić information content (AvgIpc) is 3.50. The third-order valence-electron chi connectivity index (χ3n) is 4.57. The highest BCUT2D eigenvalue weighted by molar-refractivity contribution is 7.89. The summed E-state index contributed by atoms with van der Waals surface area (Å²) in [7, 11) is -1.52. The molecule has 6 nitrogen and oxygen atoms in total. The monoisotopic (exact) mass is 418 g/mol. The standard InChI is InChI=1S/C21H27FN4O2S/c1-3-23-21(26(2)15-17-4-8-18(22)9-5-17)24-14-16-6-12-20(13-7-16)29(27,28)25-19-10-11-19/h4-9,12-13,19,25H,3,10-11,14-15H2,1-2H3,(H,23,24). The predicted octanol–water partition coefficient (Wildman–Crippen LogP) is 2.86. The largest absolute Gasteiger partial charge is 0.357 e. The molecule has 0 bridgehead atoms. The zero-order valence-electron chi connectivity index (χ0n) is 16.7. The second-order valence-electron chi connectivity index (χ2n) is 7.19. The lowest BCUT2D eigenvalue weighted by Gasteiger charge is -2.22. The number of halogens is 1. The fraction of sp³-hybridized carbons (Fsp3) is 0.381. The van der Waals surface area contributed by atoms with Gasteiger partial charge in [-0.05, 0) is 55.2 Å². The zero-order chi connectivity index (χ0) is 20.9. The number of nitrogens with one attached hydrogen (secondary N) is 2. The predicted molar refractivity (Wildman–Crippen MR) is 112 cm³/mol. The molecule has 0 radical (unpaired) electrons. The first kappa shape index (κ1) is 21.3. The maximum atomic E-state index is 13.1. The van der Waals surface area contributed by atoms with Crippen LogP contribution in [0.3, 0.4) is 0 Å². The van der Waals surface area contributed by atoms with Gasteiger partial charge in [0.25, 0.3) is 0 Å². The normalized spacial score (nSPS) is 14.7. The second kappa shape index (κ2) is 9.37. The smallest absolute Gasteiger partial charge is 0.240 e. The van der Waals surface area contributed by atoms with Crippen LogP contribution in [0, 0.1) is 5.82 Å². The first-order valence-corrected chi connectivity index (χ1v) is 11.2. The summed E-state index contributed by atoms with van der Waals surface area (Å²) in [6.45, 7) is 3.73. The first-order chi connectivity index (χ1) is 13.9. The van der Waals surface area contributed by atoms with Crippen molar-refractivity contribution in [1.29, 1.82) is 0 Å². The van der Waals surface area contributed by atoms with Crippen LogP contribution in [0.15, 0.2) is 58.4 Å². The molecule has 0 amide bonds. The summed E-state index contributed by atoms with van der Waals surface area (Å²) in [6.07, 6.45) is 1.81. The van der Waals surface area contributed by atoms with Crippen molar-refractivity contribution in [3.63, 3.8) is 0 Å². The van der Waals surface area contributed by atoms with Gasteiger partial charge in [-0.1, -0.05) is 24.3 Å². The number of sulfonamides is 1. The summed E-state index contributed by atoms with van der Waals surface area (Å²) in [5, 5.41) is 3.24. The van der Waals surface area contributed by atoms with Crippen molar-refractivity contribution in [3.8, 4) is 0 Å². The lowest BCUT2D eigenvalue weighted by molar-refractivity contribution is 0.476. The van der Waals surface area contributed by atoms with Gasteiger partial charge in [0.1, 0.15) is 5.82 Å². The molecular formula is C21H27FN4O2S. The lowest BCUT2D eigenvalue weighted by Crippen LogP contribution is -2.38. The molecule has 1 fully saturated rings. The van der Waals surface area contributed by atoms with E-state index >= 15 is 0 Å². The Bertz CT molecular complexity index is 940. The summed E-state index contributed by atoms with van der Waals surface area (Å²) >= 11 is 0. The van der Waals surface area contributed by atoms with E-state index in [1.807, 2.05) is 18.9 Å². The fourth-order valence-corrected chi connectivity index (χ4v) is 4.14. The number of aliphatic imine (C=N–C) groups is 1. The Kier molecular flexibility index (Phi) is 6.87. The molecule has 8 heteroatoms. The Hall–Kier alpha value is -2.45. The minimum Gasteiger partial charge on any atom is -0.357 e. The van der Waals surface area contributed by atoms with E-state index in [0.717, 1.165) is 36.5 Å². The van der Waals surface area contributed by atoms with Crippen molar-refractivity contribution in [2.24, 2.45) is 4.99 Å². The van der Waals surface area contributed by atoms with Crippen LogP contribution in [0.5, 0.6) is 0 Å². The number of hydrogen-bond acceptors (Lipinski definition) is 3. The van der Waals surface area contributed by atoms with Gasteiger partial charge in [0.15, 0.2) is 5.96 Å². The van der Waals surface area contributed by atoms with E-state index in [2.05, 4.69) is 15.0 Å². The Morgan fingerprint density at radius 2 is 1.72 bits per heavy atom. The molecule has 29 heavy (non-hydrogen) atoms. The Morgan fingerprint density at radius 3 is 2.31 bits per heavy atom. The van der Waals surface area contributed by atoms with E-state index in [-0.39, 0.29) is 16.8 Å². The first-order valence-electron chi connectivity index (χ1n) is 9.72. The molecule has 0 heterocycles. The maximum absolute atomic E-state index is 13.1. The van der Waals surface area contributed by atoms with Gasteiger partial charge in [0, 0.05) is 26.2 Å². The molecule has 2 aromatic rings. The molecule has 0 aliphatic heterocycles. The van der Waals surface area contributed by atoms with E-state index in [9.17, 15) is 12.8 Å². The summed E-state index contributed by atoms with van der Waals surface area (Å²) in [4.78, 5) is 6.88. The molecule has 3 rings (SSSR count). The minimum absolute atomic E-state index is 0.0867. The van der Waals surface area contributed by atoms with Crippen molar-refractivity contribution in [1.82, 2.24) is 14.9 Å². The number of nitrogens with zero attached hydrogens (tertiary/aromatic N) is 2. The number of rotatable bonds is 8. The van der Waals surface area contributed by atoms with Gasteiger partial charge < -0.3 is 10.2 Å². The van der Waals surface area contributed by atoms with Gasteiger partial charge >= 0.3 is 0 Å². The maximum Gasteiger partial charge on any atom is 0.240 e. The summed E-state index contributed by atoms with van der Waals surface area (Å²) in [6, 6.07) is 13.3. The van der Waals surface area contributed by atoms with Crippen molar-refractivity contribution >= 4 is 16.0 Å². The molecule has 1 aliphatic rings. The highest BCUT2D eigenvalue weighted by Gasteiger charge is 2.27. The van der Waals surface area contributed by atoms with E-state index < -0.39 is 10.0 Å².